The minimum absolute atomic E-state index is 0.504. The van der Waals surface area contributed by atoms with E-state index in [1.54, 1.807) is 13.8 Å². The lowest BCUT2D eigenvalue weighted by molar-refractivity contribution is -0.132. The summed E-state index contributed by atoms with van der Waals surface area (Å²) in [5.74, 6) is -1.98. The summed E-state index contributed by atoms with van der Waals surface area (Å²) in [6, 6.07) is 0. The summed E-state index contributed by atoms with van der Waals surface area (Å²) in [6.45, 7) is 10.2. The average molecular weight is 302 g/mol. The molecule has 0 saturated heterocycles. The first kappa shape index (κ1) is 23.1. The van der Waals surface area contributed by atoms with Crippen molar-refractivity contribution in [3.63, 3.8) is 0 Å². The minimum atomic E-state index is -0.988. The second kappa shape index (κ2) is 22.2. The van der Waals surface area contributed by atoms with Crippen LogP contribution in [-0.4, -0.2) is 44.9 Å². The lowest BCUT2D eigenvalue weighted by Gasteiger charge is -1.87. The van der Waals surface area contributed by atoms with Gasteiger partial charge in [-0.05, 0) is 13.8 Å². The van der Waals surface area contributed by atoms with Crippen LogP contribution in [0.2, 0.25) is 6.55 Å². The number of ether oxygens (including phenoxy) is 2. The van der Waals surface area contributed by atoms with Gasteiger partial charge in [0.15, 0.2) is 0 Å². The van der Waals surface area contributed by atoms with Crippen molar-refractivity contribution in [2.45, 2.75) is 20.4 Å². The molecule has 0 aromatic heterocycles. The Bertz CT molecular complexity index is 273. The van der Waals surface area contributed by atoms with Crippen molar-refractivity contribution < 1.29 is 29.3 Å². The molecule has 0 aliphatic heterocycles. The highest BCUT2D eigenvalue weighted by molar-refractivity contribution is 6.39. The molecule has 0 aromatic carbocycles. The first-order chi connectivity index (χ1) is 9.45. The quantitative estimate of drug-likeness (QED) is 0.425. The molecule has 0 aromatic rings. The molecule has 0 heterocycles. The van der Waals surface area contributed by atoms with Crippen molar-refractivity contribution in [3.05, 3.63) is 37.0 Å². The number of carboxylic acid groups (broad SMARTS) is 2. The third-order valence-electron chi connectivity index (χ3n) is 1.15. The van der Waals surface area contributed by atoms with Crippen LogP contribution >= 0.6 is 0 Å². The standard InChI is InChI=1S/2C5H8O3.C3H6Si/c2*1-2-8-4-3-5(6)7;1-3-4-2/h2*3-4H,2H2,1H3,(H,6,7);3H,1H2,2H3. The Hall–Kier alpha value is -2.02. The van der Waals surface area contributed by atoms with Crippen LogP contribution in [0.3, 0.4) is 0 Å². The second-order valence-electron chi connectivity index (χ2n) is 2.69. The highest BCUT2D eigenvalue weighted by Crippen LogP contribution is 1.75. The largest absolute Gasteiger partial charge is 0.501 e. The van der Waals surface area contributed by atoms with Crippen LogP contribution in [0.5, 0.6) is 0 Å². The molecule has 2 radical (unpaired) electrons. The van der Waals surface area contributed by atoms with Gasteiger partial charge in [-0.2, -0.15) is 0 Å². The van der Waals surface area contributed by atoms with Gasteiger partial charge in [0.05, 0.1) is 47.4 Å². The van der Waals surface area contributed by atoms with Gasteiger partial charge in [0.2, 0.25) is 0 Å². The van der Waals surface area contributed by atoms with Gasteiger partial charge in [-0.25, -0.2) is 9.59 Å². The molecule has 7 heteroatoms. The summed E-state index contributed by atoms with van der Waals surface area (Å²) in [7, 11) is 0.904. The fraction of sp³-hybridized carbons (Fsp3) is 0.385. The van der Waals surface area contributed by atoms with Gasteiger partial charge in [-0.3, -0.25) is 0 Å². The summed E-state index contributed by atoms with van der Waals surface area (Å²) in [5, 5.41) is 15.9. The van der Waals surface area contributed by atoms with Crippen molar-refractivity contribution in [2.24, 2.45) is 0 Å². The van der Waals surface area contributed by atoms with E-state index in [1.807, 2.05) is 5.70 Å². The maximum Gasteiger partial charge on any atom is 0.331 e. The molecule has 0 unspecified atom stereocenters. The van der Waals surface area contributed by atoms with Crippen LogP contribution in [-0.2, 0) is 19.1 Å². The summed E-state index contributed by atoms with van der Waals surface area (Å²) in [5.41, 5.74) is 1.90. The molecule has 0 fully saturated rings. The topological polar surface area (TPSA) is 93.1 Å². The van der Waals surface area contributed by atoms with Crippen molar-refractivity contribution in [2.75, 3.05) is 13.2 Å². The summed E-state index contributed by atoms with van der Waals surface area (Å²) in [4.78, 5) is 19.4. The molecule has 0 saturated carbocycles. The van der Waals surface area contributed by atoms with E-state index in [9.17, 15) is 9.59 Å². The Morgan fingerprint density at radius 1 is 1.05 bits per heavy atom. The zero-order chi connectivity index (χ0) is 16.2. The van der Waals surface area contributed by atoms with Crippen molar-refractivity contribution >= 4 is 21.5 Å². The Labute approximate surface area is 122 Å². The van der Waals surface area contributed by atoms with Crippen LogP contribution in [0, 0.1) is 0 Å². The van der Waals surface area contributed by atoms with E-state index in [-0.39, 0.29) is 0 Å². The predicted octanol–water partition coefficient (Wildman–Crippen LogP) is 2.12. The minimum Gasteiger partial charge on any atom is -0.501 e. The van der Waals surface area contributed by atoms with Gasteiger partial charge >= 0.3 is 11.9 Å². The Kier molecular flexibility index (Phi) is 25.6. The third-order valence-corrected chi connectivity index (χ3v) is 1.56. The van der Waals surface area contributed by atoms with Crippen molar-refractivity contribution in [1.29, 1.82) is 0 Å². The van der Waals surface area contributed by atoms with Gasteiger partial charge in [0.25, 0.3) is 0 Å². The zero-order valence-corrected chi connectivity index (χ0v) is 13.0. The third kappa shape index (κ3) is 44.5. The van der Waals surface area contributed by atoms with Gasteiger partial charge in [-0.1, -0.05) is 6.55 Å². The van der Waals surface area contributed by atoms with Gasteiger partial charge < -0.3 is 19.7 Å². The van der Waals surface area contributed by atoms with E-state index in [4.69, 9.17) is 10.2 Å². The smallest absolute Gasteiger partial charge is 0.331 e. The molecule has 114 valence electrons. The number of hydrogen-bond acceptors (Lipinski definition) is 4. The first-order valence-electron chi connectivity index (χ1n) is 5.76. The van der Waals surface area contributed by atoms with Crippen LogP contribution in [0.25, 0.3) is 0 Å². The highest BCUT2D eigenvalue weighted by Gasteiger charge is 1.82. The molecule has 20 heavy (non-hydrogen) atoms. The van der Waals surface area contributed by atoms with E-state index >= 15 is 0 Å². The van der Waals surface area contributed by atoms with Gasteiger partial charge in [0, 0.05) is 0 Å². The van der Waals surface area contributed by atoms with E-state index in [0.29, 0.717) is 13.2 Å². The van der Waals surface area contributed by atoms with Crippen LogP contribution in [0.15, 0.2) is 37.0 Å². The first-order valence-corrected chi connectivity index (χ1v) is 7.34. The number of carbonyl (C=O) groups is 2. The van der Waals surface area contributed by atoms with Crippen LogP contribution in [0.1, 0.15) is 13.8 Å². The molecule has 0 spiro atoms. The molecule has 2 N–H and O–H groups in total. The molecule has 0 aliphatic rings. The lowest BCUT2D eigenvalue weighted by atomic mass is 10.6. The highest BCUT2D eigenvalue weighted by atomic mass is 28.2. The lowest BCUT2D eigenvalue weighted by Crippen LogP contribution is -1.87. The van der Waals surface area contributed by atoms with E-state index in [0.717, 1.165) is 34.2 Å². The summed E-state index contributed by atoms with van der Waals surface area (Å²) in [6.07, 6.45) is 4.21. The molecule has 0 amide bonds. The van der Waals surface area contributed by atoms with Crippen LogP contribution < -0.4 is 0 Å². The van der Waals surface area contributed by atoms with Crippen molar-refractivity contribution in [1.82, 2.24) is 0 Å². The molecule has 0 bridgehead atoms. The normalized spacial score (nSPS) is 8.95. The summed E-state index contributed by atoms with van der Waals surface area (Å²) < 4.78 is 9.17. The van der Waals surface area contributed by atoms with E-state index < -0.39 is 11.9 Å². The van der Waals surface area contributed by atoms with E-state index in [1.165, 1.54) is 0 Å². The molecule has 0 atom stereocenters. The molecule has 0 aliphatic carbocycles. The fourth-order valence-electron chi connectivity index (χ4n) is 0.405. The molecular weight excluding hydrogens is 280 g/mol. The molecule has 0 rings (SSSR count). The summed E-state index contributed by atoms with van der Waals surface area (Å²) >= 11 is 0. The number of aliphatic carboxylic acids is 2. The fourth-order valence-corrected chi connectivity index (χ4v) is 0.405. The maximum absolute atomic E-state index is 9.71. The number of carboxylic acids is 2. The van der Waals surface area contributed by atoms with E-state index in [2.05, 4.69) is 22.6 Å². The number of hydrogen-bond donors (Lipinski definition) is 2. The maximum atomic E-state index is 9.71. The van der Waals surface area contributed by atoms with Crippen molar-refractivity contribution in [3.8, 4) is 0 Å². The molecular formula is C13H22O6Si. The predicted molar refractivity (Wildman–Crippen MR) is 78.6 cm³/mol. The monoisotopic (exact) mass is 302 g/mol. The van der Waals surface area contributed by atoms with Crippen LogP contribution in [0.4, 0.5) is 0 Å². The zero-order valence-electron chi connectivity index (χ0n) is 12.0. The van der Waals surface area contributed by atoms with Gasteiger partial charge in [-0.15, -0.1) is 12.3 Å². The molecule has 6 nitrogen and oxygen atoms in total. The number of rotatable bonds is 7. The van der Waals surface area contributed by atoms with Gasteiger partial charge in [0.1, 0.15) is 0 Å². The average Bonchev–Trinajstić information content (AvgIpc) is 2.40. The Morgan fingerprint density at radius 2 is 1.35 bits per heavy atom. The Morgan fingerprint density at radius 3 is 1.50 bits per heavy atom. The second-order valence-corrected chi connectivity index (χ2v) is 3.67. The SMILES string of the molecule is C=C[Si]C.CCOC=CC(=O)O.CCOC=CC(=O)O. The Balaban J connectivity index is -0.000000230.